The Balaban J connectivity index is 1.79. The zero-order valence-electron chi connectivity index (χ0n) is 16.6. The number of benzene rings is 1. The minimum absolute atomic E-state index is 0.0339. The molecule has 0 N–H and O–H groups in total. The summed E-state index contributed by atoms with van der Waals surface area (Å²) in [5.41, 5.74) is 0.203. The molecule has 1 fully saturated rings. The third-order valence-electron chi connectivity index (χ3n) is 5.09. The second-order valence-electron chi connectivity index (χ2n) is 7.97. The van der Waals surface area contributed by atoms with Gasteiger partial charge < -0.3 is 4.90 Å². The second kappa shape index (κ2) is 6.97. The Morgan fingerprint density at radius 1 is 1.00 bits per heavy atom. The van der Waals surface area contributed by atoms with E-state index in [1.807, 2.05) is 0 Å². The number of amides is 3. The molecular weight excluding hydrogens is 382 g/mol. The normalized spacial score (nSPS) is 18.6. The van der Waals surface area contributed by atoms with Crippen LogP contribution in [0.4, 0.5) is 0 Å². The average Bonchev–Trinajstić information content (AvgIpc) is 2.91. The first-order chi connectivity index (χ1) is 13.0. The van der Waals surface area contributed by atoms with Gasteiger partial charge in [0.05, 0.1) is 16.9 Å². The van der Waals surface area contributed by atoms with Gasteiger partial charge in [0.1, 0.15) is 0 Å². The summed E-state index contributed by atoms with van der Waals surface area (Å²) in [7, 11) is -3.27. The molecule has 0 atom stereocenters. The van der Waals surface area contributed by atoms with E-state index in [0.29, 0.717) is 11.1 Å². The number of nitrogens with zero attached hydrogens (tertiary/aromatic N) is 3. The Bertz CT molecular complexity index is 941. The summed E-state index contributed by atoms with van der Waals surface area (Å²) < 4.78 is 25.3. The van der Waals surface area contributed by atoms with Gasteiger partial charge >= 0.3 is 0 Å². The third kappa shape index (κ3) is 3.44. The van der Waals surface area contributed by atoms with Gasteiger partial charge in [0.2, 0.25) is 10.0 Å². The van der Waals surface area contributed by atoms with Crippen LogP contribution in [-0.4, -0.2) is 77.7 Å². The second-order valence-corrected chi connectivity index (χ2v) is 10.2. The minimum atomic E-state index is -3.27. The molecule has 0 radical (unpaired) electrons. The maximum Gasteiger partial charge on any atom is 0.262 e. The van der Waals surface area contributed by atoms with Crippen molar-refractivity contribution in [2.75, 3.05) is 31.9 Å². The Hall–Kier alpha value is -2.26. The molecule has 3 rings (SSSR count). The fourth-order valence-electron chi connectivity index (χ4n) is 3.52. The number of piperazine rings is 1. The van der Waals surface area contributed by atoms with Crippen molar-refractivity contribution in [1.29, 1.82) is 0 Å². The van der Waals surface area contributed by atoms with Gasteiger partial charge in [0.15, 0.2) is 0 Å². The van der Waals surface area contributed by atoms with Crippen LogP contribution < -0.4 is 0 Å². The Labute approximate surface area is 165 Å². The Kier molecular flexibility index (Phi) is 5.09. The van der Waals surface area contributed by atoms with Crippen LogP contribution in [0, 0.1) is 0 Å². The van der Waals surface area contributed by atoms with Crippen LogP contribution in [0.15, 0.2) is 18.2 Å². The summed E-state index contributed by atoms with van der Waals surface area (Å²) in [6, 6.07) is 4.54. The zero-order valence-corrected chi connectivity index (χ0v) is 17.4. The molecule has 0 aromatic heterocycles. The highest BCUT2D eigenvalue weighted by Crippen LogP contribution is 2.30. The Morgan fingerprint density at radius 3 is 2.11 bits per heavy atom. The highest BCUT2D eigenvalue weighted by Gasteiger charge is 2.42. The van der Waals surface area contributed by atoms with Crippen LogP contribution in [-0.2, 0) is 10.0 Å². The van der Waals surface area contributed by atoms with Crippen LogP contribution in [0.2, 0.25) is 0 Å². The number of rotatable bonds is 3. The van der Waals surface area contributed by atoms with Gasteiger partial charge in [-0.3, -0.25) is 19.3 Å². The first kappa shape index (κ1) is 20.5. The smallest absolute Gasteiger partial charge is 0.262 e. The standard InChI is InChI=1S/C19H25N3O5S/c1-5-28(26,27)21-10-8-20(9-11-21)16(23)13-6-7-14-15(12-13)18(25)22(17(14)24)19(2,3)4/h6-7,12H,5,8-11H2,1-4H3. The lowest BCUT2D eigenvalue weighted by Gasteiger charge is -2.33. The molecule has 0 aliphatic carbocycles. The molecule has 9 heteroatoms. The molecule has 1 aromatic carbocycles. The molecule has 8 nitrogen and oxygen atoms in total. The van der Waals surface area contributed by atoms with Gasteiger partial charge in [-0.15, -0.1) is 0 Å². The van der Waals surface area contributed by atoms with Gasteiger partial charge in [0.25, 0.3) is 17.7 Å². The monoisotopic (exact) mass is 407 g/mol. The third-order valence-corrected chi connectivity index (χ3v) is 6.97. The van der Waals surface area contributed by atoms with E-state index in [1.54, 1.807) is 38.7 Å². The molecule has 1 saturated heterocycles. The summed E-state index contributed by atoms with van der Waals surface area (Å²) in [4.78, 5) is 40.9. The van der Waals surface area contributed by atoms with E-state index in [1.165, 1.54) is 21.3 Å². The van der Waals surface area contributed by atoms with E-state index < -0.39 is 21.5 Å². The van der Waals surface area contributed by atoms with Crippen molar-refractivity contribution < 1.29 is 22.8 Å². The molecular formula is C19H25N3O5S. The van der Waals surface area contributed by atoms with E-state index in [-0.39, 0.29) is 49.3 Å². The van der Waals surface area contributed by atoms with Gasteiger partial charge in [-0.2, -0.15) is 4.31 Å². The molecule has 28 heavy (non-hydrogen) atoms. The van der Waals surface area contributed by atoms with Crippen LogP contribution in [0.25, 0.3) is 0 Å². The lowest BCUT2D eigenvalue weighted by molar-refractivity contribution is 0.0507. The van der Waals surface area contributed by atoms with E-state index in [2.05, 4.69) is 0 Å². The van der Waals surface area contributed by atoms with E-state index >= 15 is 0 Å². The maximum absolute atomic E-state index is 12.8. The van der Waals surface area contributed by atoms with Crippen molar-refractivity contribution in [2.45, 2.75) is 33.2 Å². The summed E-state index contributed by atoms with van der Waals surface area (Å²) in [6.07, 6.45) is 0. The number of carbonyl (C=O) groups is 3. The number of sulfonamides is 1. The van der Waals surface area contributed by atoms with Crippen LogP contribution in [0.1, 0.15) is 58.8 Å². The largest absolute Gasteiger partial charge is 0.336 e. The number of hydrogen-bond acceptors (Lipinski definition) is 5. The minimum Gasteiger partial charge on any atom is -0.336 e. The van der Waals surface area contributed by atoms with E-state index in [0.717, 1.165) is 0 Å². The molecule has 0 spiro atoms. The van der Waals surface area contributed by atoms with Crippen molar-refractivity contribution in [3.63, 3.8) is 0 Å². The molecule has 2 aliphatic rings. The Morgan fingerprint density at radius 2 is 1.57 bits per heavy atom. The zero-order chi connectivity index (χ0) is 20.9. The van der Waals surface area contributed by atoms with Crippen molar-refractivity contribution in [1.82, 2.24) is 14.1 Å². The lowest BCUT2D eigenvalue weighted by atomic mass is 10.0. The van der Waals surface area contributed by atoms with Gasteiger partial charge in [-0.1, -0.05) is 0 Å². The van der Waals surface area contributed by atoms with E-state index in [4.69, 9.17) is 0 Å². The van der Waals surface area contributed by atoms with Crippen molar-refractivity contribution in [3.8, 4) is 0 Å². The van der Waals surface area contributed by atoms with Gasteiger partial charge in [-0.25, -0.2) is 8.42 Å². The highest BCUT2D eigenvalue weighted by molar-refractivity contribution is 7.89. The molecule has 0 bridgehead atoms. The summed E-state index contributed by atoms with van der Waals surface area (Å²) in [6.45, 7) is 8.02. The molecule has 2 heterocycles. The van der Waals surface area contributed by atoms with Crippen LogP contribution >= 0.6 is 0 Å². The molecule has 0 saturated carbocycles. The number of fused-ring (bicyclic) bond motifs is 1. The van der Waals surface area contributed by atoms with Gasteiger partial charge in [-0.05, 0) is 45.9 Å². The molecule has 0 unspecified atom stereocenters. The first-order valence-electron chi connectivity index (χ1n) is 9.27. The number of imide groups is 1. The van der Waals surface area contributed by atoms with E-state index in [9.17, 15) is 22.8 Å². The molecule has 1 aromatic rings. The predicted molar refractivity (Wildman–Crippen MR) is 104 cm³/mol. The maximum atomic E-state index is 12.8. The number of hydrogen-bond donors (Lipinski definition) is 0. The van der Waals surface area contributed by atoms with Crippen LogP contribution in [0.3, 0.4) is 0 Å². The van der Waals surface area contributed by atoms with Crippen molar-refractivity contribution in [3.05, 3.63) is 34.9 Å². The first-order valence-corrected chi connectivity index (χ1v) is 10.9. The predicted octanol–water partition coefficient (Wildman–Crippen LogP) is 1.19. The topological polar surface area (TPSA) is 95.1 Å². The van der Waals surface area contributed by atoms with Crippen molar-refractivity contribution >= 4 is 27.7 Å². The number of carbonyl (C=O) groups excluding carboxylic acids is 3. The summed E-state index contributed by atoms with van der Waals surface area (Å²) >= 11 is 0. The molecule has 2 aliphatic heterocycles. The average molecular weight is 407 g/mol. The lowest BCUT2D eigenvalue weighted by Crippen LogP contribution is -2.50. The fourth-order valence-corrected chi connectivity index (χ4v) is 4.60. The summed E-state index contributed by atoms with van der Waals surface area (Å²) in [5, 5.41) is 0. The molecule has 3 amide bonds. The SMILES string of the molecule is CCS(=O)(=O)N1CCN(C(=O)c2ccc3c(c2)C(=O)N(C(C)(C)C)C3=O)CC1. The fraction of sp³-hybridized carbons (Fsp3) is 0.526. The summed E-state index contributed by atoms with van der Waals surface area (Å²) in [5.74, 6) is -0.997. The molecule has 152 valence electrons. The van der Waals surface area contributed by atoms with Crippen LogP contribution in [0.5, 0.6) is 0 Å². The quantitative estimate of drug-likeness (QED) is 0.702. The van der Waals surface area contributed by atoms with Crippen molar-refractivity contribution in [2.24, 2.45) is 0 Å². The van der Waals surface area contributed by atoms with Gasteiger partial charge in [0, 0.05) is 37.3 Å². The highest BCUT2D eigenvalue weighted by atomic mass is 32.2.